The Morgan fingerprint density at radius 3 is 1.68 bits per heavy atom. The Morgan fingerprint density at radius 2 is 1.32 bits per heavy atom. The molecule has 0 spiro atoms. The van der Waals surface area contributed by atoms with Gasteiger partial charge in [0.15, 0.2) is 7.22 Å². The summed E-state index contributed by atoms with van der Waals surface area (Å²) in [6.45, 7) is 7.25. The van der Waals surface area contributed by atoms with Crippen LogP contribution in [0.2, 0.25) is 5.04 Å². The van der Waals surface area contributed by atoms with Gasteiger partial charge in [0.2, 0.25) is 0 Å². The van der Waals surface area contributed by atoms with Crippen LogP contribution in [0.5, 0.6) is 0 Å². The summed E-state index contributed by atoms with van der Waals surface area (Å²) in [6, 6.07) is 22.4. The van der Waals surface area contributed by atoms with Gasteiger partial charge in [0.1, 0.15) is 0 Å². The number of hydrogen-bond acceptors (Lipinski definition) is 1. The summed E-state index contributed by atoms with van der Waals surface area (Å²) in [6.07, 6.45) is 1.22. The van der Waals surface area contributed by atoms with Crippen molar-refractivity contribution in [3.8, 4) is 0 Å². The van der Waals surface area contributed by atoms with Gasteiger partial charge in [0, 0.05) is 5.33 Å². The summed E-state index contributed by atoms with van der Waals surface area (Å²) in [5.41, 5.74) is 0. The van der Waals surface area contributed by atoms with Crippen LogP contribution in [0.15, 0.2) is 60.7 Å². The minimum Gasteiger partial charge on any atom is -0.173 e. The average molecular weight is 393 g/mol. The average Bonchev–Trinajstić information content (AvgIpc) is 2.52. The third kappa shape index (κ3) is 3.69. The summed E-state index contributed by atoms with van der Waals surface area (Å²) in [4.78, 5) is 0. The molecule has 0 aliphatic heterocycles. The summed E-state index contributed by atoms with van der Waals surface area (Å²) >= 11 is 5.80. The van der Waals surface area contributed by atoms with E-state index in [2.05, 4.69) is 109 Å². The fourth-order valence-electron chi connectivity index (χ4n) is 3.04. The molecule has 0 aliphatic carbocycles. The van der Waals surface area contributed by atoms with Crippen LogP contribution in [0.4, 0.5) is 0 Å². The molecule has 0 aliphatic rings. The second-order valence-corrected chi connectivity index (χ2v) is 14.8. The third-order valence-corrected chi connectivity index (χ3v) is 15.1. The largest absolute Gasteiger partial charge is 0.183 e. The standard InChI is InChI=1S/C19H25BrSSi/c1-19(2,3)22(21-16-10-15-20,17-11-6-4-7-12-17)18-13-8-5-9-14-18/h4-9,11-14H,10,15-16H2,1-3H3. The Balaban J connectivity index is 2.59. The Morgan fingerprint density at radius 1 is 0.864 bits per heavy atom. The van der Waals surface area contributed by atoms with Gasteiger partial charge in [-0.25, -0.2) is 0 Å². The van der Waals surface area contributed by atoms with Gasteiger partial charge < -0.3 is 0 Å². The second kappa shape index (κ2) is 7.85. The molecule has 0 heterocycles. The van der Waals surface area contributed by atoms with Crippen molar-refractivity contribution in [3.05, 3.63) is 60.7 Å². The Bertz CT molecular complexity index is 523. The van der Waals surface area contributed by atoms with Crippen molar-refractivity contribution in [2.45, 2.75) is 32.2 Å². The zero-order chi connectivity index (χ0) is 16.1. The molecule has 0 atom stereocenters. The fourth-order valence-corrected chi connectivity index (χ4v) is 12.9. The van der Waals surface area contributed by atoms with Crippen molar-refractivity contribution >= 4 is 44.7 Å². The lowest BCUT2D eigenvalue weighted by Gasteiger charge is -2.43. The van der Waals surface area contributed by atoms with Crippen LogP contribution < -0.4 is 10.4 Å². The molecule has 0 bridgehead atoms. The van der Waals surface area contributed by atoms with Crippen molar-refractivity contribution in [3.63, 3.8) is 0 Å². The van der Waals surface area contributed by atoms with Gasteiger partial charge in [-0.3, -0.25) is 0 Å². The molecular weight excluding hydrogens is 368 g/mol. The number of alkyl halides is 1. The monoisotopic (exact) mass is 392 g/mol. The van der Waals surface area contributed by atoms with Gasteiger partial charge in [-0.05, 0) is 27.6 Å². The van der Waals surface area contributed by atoms with E-state index in [1.54, 1.807) is 0 Å². The molecule has 22 heavy (non-hydrogen) atoms. The van der Waals surface area contributed by atoms with Crippen LogP contribution in [0, 0.1) is 0 Å². The molecule has 0 saturated heterocycles. The number of benzene rings is 2. The number of rotatable bonds is 6. The van der Waals surface area contributed by atoms with E-state index in [0.29, 0.717) is 0 Å². The maximum atomic E-state index is 3.58. The smallest absolute Gasteiger partial charge is 0.173 e. The zero-order valence-corrected chi connectivity index (χ0v) is 17.1. The molecule has 0 N–H and O–H groups in total. The summed E-state index contributed by atoms with van der Waals surface area (Å²) in [7, 11) is -1.89. The summed E-state index contributed by atoms with van der Waals surface area (Å²) in [5, 5.41) is 4.41. The first kappa shape index (κ1) is 17.8. The van der Waals surface area contributed by atoms with Crippen LogP contribution >= 0.6 is 27.1 Å². The van der Waals surface area contributed by atoms with Gasteiger partial charge in [-0.15, -0.1) is 0 Å². The first-order valence-corrected chi connectivity index (χ1v) is 12.7. The van der Waals surface area contributed by atoms with Gasteiger partial charge in [0.25, 0.3) is 0 Å². The van der Waals surface area contributed by atoms with E-state index >= 15 is 0 Å². The normalized spacial score (nSPS) is 12.4. The van der Waals surface area contributed by atoms with Crippen molar-refractivity contribution in [2.75, 3.05) is 11.1 Å². The molecule has 0 amide bonds. The SMILES string of the molecule is CC(C)(C)[Si](SCCCBr)(c1ccccc1)c1ccccc1. The quantitative estimate of drug-likeness (QED) is 0.375. The third-order valence-electron chi connectivity index (χ3n) is 4.01. The highest BCUT2D eigenvalue weighted by molar-refractivity contribution is 9.09. The predicted octanol–water partition coefficient (Wildman–Crippen LogP) is 5.06. The van der Waals surface area contributed by atoms with Crippen LogP contribution in [0.25, 0.3) is 0 Å². The van der Waals surface area contributed by atoms with E-state index < -0.39 is 7.22 Å². The molecule has 118 valence electrons. The lowest BCUT2D eigenvalue weighted by Crippen LogP contribution is -2.62. The minimum absolute atomic E-state index is 0.257. The molecule has 3 heteroatoms. The maximum absolute atomic E-state index is 3.58. The maximum Gasteiger partial charge on any atom is 0.183 e. The van der Waals surface area contributed by atoms with Crippen LogP contribution in [-0.2, 0) is 0 Å². The second-order valence-electron chi connectivity index (χ2n) is 6.55. The van der Waals surface area contributed by atoms with E-state index in [4.69, 9.17) is 0 Å². The highest BCUT2D eigenvalue weighted by Gasteiger charge is 2.48. The van der Waals surface area contributed by atoms with E-state index in [9.17, 15) is 0 Å². The molecule has 2 rings (SSSR count). The summed E-state index contributed by atoms with van der Waals surface area (Å²) < 4.78 is 0. The van der Waals surface area contributed by atoms with E-state index in [-0.39, 0.29) is 5.04 Å². The molecule has 0 unspecified atom stereocenters. The molecule has 2 aromatic carbocycles. The fraction of sp³-hybridized carbons (Fsp3) is 0.368. The van der Waals surface area contributed by atoms with Gasteiger partial charge >= 0.3 is 0 Å². The van der Waals surface area contributed by atoms with E-state index in [1.807, 2.05) is 0 Å². The Labute approximate surface area is 148 Å². The Hall–Kier alpha value is -0.513. The van der Waals surface area contributed by atoms with Crippen LogP contribution in [0.3, 0.4) is 0 Å². The van der Waals surface area contributed by atoms with E-state index in [1.165, 1.54) is 22.5 Å². The van der Waals surface area contributed by atoms with Gasteiger partial charge in [-0.2, -0.15) is 11.2 Å². The van der Waals surface area contributed by atoms with Crippen molar-refractivity contribution in [1.82, 2.24) is 0 Å². The van der Waals surface area contributed by atoms with Crippen molar-refractivity contribution in [2.24, 2.45) is 0 Å². The highest BCUT2D eigenvalue weighted by atomic mass is 79.9. The lowest BCUT2D eigenvalue weighted by molar-refractivity contribution is 0.745. The summed E-state index contributed by atoms with van der Waals surface area (Å²) in [5.74, 6) is 1.21. The highest BCUT2D eigenvalue weighted by Crippen LogP contribution is 2.43. The lowest BCUT2D eigenvalue weighted by atomic mass is 10.2. The van der Waals surface area contributed by atoms with E-state index in [0.717, 1.165) is 5.33 Å². The molecule has 0 radical (unpaired) electrons. The topological polar surface area (TPSA) is 0 Å². The van der Waals surface area contributed by atoms with Gasteiger partial charge in [-0.1, -0.05) is 97.4 Å². The molecule has 0 nitrogen and oxygen atoms in total. The molecule has 0 fully saturated rings. The first-order chi connectivity index (χ1) is 10.5. The molecule has 0 aromatic heterocycles. The minimum atomic E-state index is -1.89. The zero-order valence-electron chi connectivity index (χ0n) is 13.7. The first-order valence-electron chi connectivity index (χ1n) is 7.83. The number of hydrogen-bond donors (Lipinski definition) is 0. The Kier molecular flexibility index (Phi) is 6.36. The van der Waals surface area contributed by atoms with Crippen molar-refractivity contribution in [1.29, 1.82) is 0 Å². The predicted molar refractivity (Wildman–Crippen MR) is 108 cm³/mol. The molecule has 0 saturated carbocycles. The molecule has 2 aromatic rings. The molecular formula is C19H25BrSSi. The van der Waals surface area contributed by atoms with Crippen LogP contribution in [0.1, 0.15) is 27.2 Å². The van der Waals surface area contributed by atoms with Crippen molar-refractivity contribution < 1.29 is 0 Å². The van der Waals surface area contributed by atoms with Gasteiger partial charge in [0.05, 0.1) is 0 Å². The number of halogens is 1. The van der Waals surface area contributed by atoms with Crippen LogP contribution in [-0.4, -0.2) is 18.3 Å².